The van der Waals surface area contributed by atoms with Gasteiger partial charge in [-0.15, -0.1) is 11.6 Å². The molecule has 0 aliphatic carbocycles. The molecule has 0 saturated carbocycles. The maximum absolute atomic E-state index is 13.0. The quantitative estimate of drug-likeness (QED) is 0.708. The van der Waals surface area contributed by atoms with Gasteiger partial charge in [0.15, 0.2) is 5.82 Å². The van der Waals surface area contributed by atoms with Crippen molar-refractivity contribution in [2.24, 2.45) is 0 Å². The standard InChI is InChI=1S/C7H4Cl2F3N/c8-1-4-5(7(11)12)6(10)3(9)2-13-4/h2,7H,1H2. The Morgan fingerprint density at radius 1 is 1.46 bits per heavy atom. The van der Waals surface area contributed by atoms with Crippen LogP contribution in [0.1, 0.15) is 17.7 Å². The molecule has 0 saturated heterocycles. The van der Waals surface area contributed by atoms with Crippen LogP contribution in [0.25, 0.3) is 0 Å². The zero-order valence-electron chi connectivity index (χ0n) is 6.20. The molecule has 1 nitrogen and oxygen atoms in total. The van der Waals surface area contributed by atoms with Gasteiger partial charge in [-0.2, -0.15) is 0 Å². The van der Waals surface area contributed by atoms with Crippen molar-refractivity contribution in [1.82, 2.24) is 4.98 Å². The summed E-state index contributed by atoms with van der Waals surface area (Å²) in [5, 5.41) is -0.427. The number of aromatic nitrogens is 1. The van der Waals surface area contributed by atoms with Crippen LogP contribution in [-0.2, 0) is 5.88 Å². The van der Waals surface area contributed by atoms with Crippen molar-refractivity contribution < 1.29 is 13.2 Å². The van der Waals surface area contributed by atoms with Crippen molar-refractivity contribution in [3.63, 3.8) is 0 Å². The van der Waals surface area contributed by atoms with Gasteiger partial charge in [0.05, 0.1) is 22.2 Å². The maximum atomic E-state index is 13.0. The Balaban J connectivity index is 3.32. The van der Waals surface area contributed by atoms with Gasteiger partial charge in [-0.05, 0) is 0 Å². The molecule has 0 amide bonds. The minimum atomic E-state index is -2.96. The number of pyridine rings is 1. The van der Waals surface area contributed by atoms with Crippen LogP contribution in [0, 0.1) is 5.82 Å². The first-order valence-corrected chi connectivity index (χ1v) is 4.16. The third-order valence-electron chi connectivity index (χ3n) is 1.44. The van der Waals surface area contributed by atoms with Crippen molar-refractivity contribution in [3.05, 3.63) is 28.3 Å². The van der Waals surface area contributed by atoms with Gasteiger partial charge in [0.2, 0.25) is 0 Å². The maximum Gasteiger partial charge on any atom is 0.268 e. The summed E-state index contributed by atoms with van der Waals surface area (Å²) in [4.78, 5) is 3.49. The van der Waals surface area contributed by atoms with Crippen LogP contribution < -0.4 is 0 Å². The molecule has 0 bridgehead atoms. The van der Waals surface area contributed by atoms with Crippen molar-refractivity contribution in [2.75, 3.05) is 0 Å². The lowest BCUT2D eigenvalue weighted by Gasteiger charge is -2.06. The van der Waals surface area contributed by atoms with Crippen LogP contribution in [0.4, 0.5) is 13.2 Å². The fourth-order valence-electron chi connectivity index (χ4n) is 0.844. The number of halogens is 5. The normalized spacial score (nSPS) is 10.9. The van der Waals surface area contributed by atoms with Crippen molar-refractivity contribution in [1.29, 1.82) is 0 Å². The number of rotatable bonds is 2. The highest BCUT2D eigenvalue weighted by molar-refractivity contribution is 6.30. The summed E-state index contributed by atoms with van der Waals surface area (Å²) in [6.07, 6.45) is -2.00. The minimum absolute atomic E-state index is 0.182. The van der Waals surface area contributed by atoms with Gasteiger partial charge in [0.25, 0.3) is 6.43 Å². The smallest absolute Gasteiger partial charge is 0.258 e. The van der Waals surface area contributed by atoms with Crippen molar-refractivity contribution in [3.8, 4) is 0 Å². The molecule has 72 valence electrons. The highest BCUT2D eigenvalue weighted by atomic mass is 35.5. The van der Waals surface area contributed by atoms with Crippen molar-refractivity contribution >= 4 is 23.2 Å². The molecule has 0 spiro atoms. The van der Waals surface area contributed by atoms with Crippen LogP contribution in [0.15, 0.2) is 6.20 Å². The van der Waals surface area contributed by atoms with Gasteiger partial charge in [-0.25, -0.2) is 13.2 Å². The molecule has 0 radical (unpaired) electrons. The van der Waals surface area contributed by atoms with E-state index < -0.39 is 22.8 Å². The van der Waals surface area contributed by atoms with Crippen LogP contribution >= 0.6 is 23.2 Å². The van der Waals surface area contributed by atoms with E-state index in [4.69, 9.17) is 23.2 Å². The molecule has 0 fully saturated rings. The molecular weight excluding hydrogens is 226 g/mol. The van der Waals surface area contributed by atoms with Gasteiger partial charge in [0.1, 0.15) is 0 Å². The Hall–Kier alpha value is -0.480. The summed E-state index contributed by atoms with van der Waals surface area (Å²) < 4.78 is 37.5. The predicted octanol–water partition coefficient (Wildman–Crippen LogP) is 3.55. The summed E-state index contributed by atoms with van der Waals surface area (Å²) in [6, 6.07) is 0. The largest absolute Gasteiger partial charge is 0.268 e. The van der Waals surface area contributed by atoms with E-state index in [-0.39, 0.29) is 11.6 Å². The Bertz CT molecular complexity index is 317. The van der Waals surface area contributed by atoms with Gasteiger partial charge in [-0.3, -0.25) is 4.98 Å². The fraction of sp³-hybridized carbons (Fsp3) is 0.286. The van der Waals surface area contributed by atoms with Gasteiger partial charge in [0, 0.05) is 6.20 Å². The van der Waals surface area contributed by atoms with E-state index in [1.807, 2.05) is 0 Å². The van der Waals surface area contributed by atoms with E-state index in [1.165, 1.54) is 0 Å². The lowest BCUT2D eigenvalue weighted by atomic mass is 10.2. The van der Waals surface area contributed by atoms with Crippen molar-refractivity contribution in [2.45, 2.75) is 12.3 Å². The summed E-state index contributed by atoms with van der Waals surface area (Å²) in [5.41, 5.74) is -0.999. The second kappa shape index (κ2) is 4.15. The van der Waals surface area contributed by atoms with Gasteiger partial charge < -0.3 is 0 Å². The molecule has 1 rings (SSSR count). The number of hydrogen-bond donors (Lipinski definition) is 0. The van der Waals surface area contributed by atoms with Crippen LogP contribution in [0.5, 0.6) is 0 Å². The first kappa shape index (κ1) is 10.6. The SMILES string of the molecule is Fc1c(Cl)cnc(CCl)c1C(F)F. The zero-order valence-corrected chi connectivity index (χ0v) is 7.71. The molecule has 1 heterocycles. The van der Waals surface area contributed by atoms with E-state index in [2.05, 4.69) is 4.98 Å². The monoisotopic (exact) mass is 229 g/mol. The number of alkyl halides is 3. The van der Waals surface area contributed by atoms with Gasteiger partial charge >= 0.3 is 0 Å². The second-order valence-corrected chi connectivity index (χ2v) is 2.89. The Labute approximate surface area is 82.5 Å². The van der Waals surface area contributed by atoms with Gasteiger partial charge in [-0.1, -0.05) is 11.6 Å². The summed E-state index contributed by atoms with van der Waals surface area (Å²) in [6.45, 7) is 0. The molecule has 0 atom stereocenters. The third kappa shape index (κ3) is 2.06. The molecule has 1 aromatic heterocycles. The van der Waals surface area contributed by atoms with E-state index in [9.17, 15) is 13.2 Å². The molecule has 0 aliphatic heterocycles. The zero-order chi connectivity index (χ0) is 10.0. The molecule has 0 unspecified atom stereocenters. The lowest BCUT2D eigenvalue weighted by molar-refractivity contribution is 0.145. The lowest BCUT2D eigenvalue weighted by Crippen LogP contribution is -2.00. The molecule has 13 heavy (non-hydrogen) atoms. The molecule has 0 aliphatic rings. The minimum Gasteiger partial charge on any atom is -0.258 e. The van der Waals surface area contributed by atoms with E-state index in [0.29, 0.717) is 0 Å². The molecule has 6 heteroatoms. The molecule has 0 N–H and O–H groups in total. The summed E-state index contributed by atoms with van der Waals surface area (Å²) in [7, 11) is 0. The Morgan fingerprint density at radius 2 is 2.08 bits per heavy atom. The highest BCUT2D eigenvalue weighted by Crippen LogP contribution is 2.29. The number of hydrogen-bond acceptors (Lipinski definition) is 1. The first-order chi connectivity index (χ1) is 6.07. The predicted molar refractivity (Wildman–Crippen MR) is 43.7 cm³/mol. The topological polar surface area (TPSA) is 12.9 Å². The average molecular weight is 230 g/mol. The Kier molecular flexibility index (Phi) is 3.39. The third-order valence-corrected chi connectivity index (χ3v) is 1.95. The Morgan fingerprint density at radius 3 is 2.54 bits per heavy atom. The summed E-state index contributed by atoms with van der Waals surface area (Å²) in [5.74, 6) is -1.42. The molecule has 1 aromatic rings. The second-order valence-electron chi connectivity index (χ2n) is 2.21. The average Bonchev–Trinajstić information content (AvgIpc) is 2.08. The molecular formula is C7H4Cl2F3N. The van der Waals surface area contributed by atoms with Crippen LogP contribution in [0.2, 0.25) is 5.02 Å². The number of nitrogens with zero attached hydrogens (tertiary/aromatic N) is 1. The van der Waals surface area contributed by atoms with E-state index >= 15 is 0 Å². The first-order valence-electron chi connectivity index (χ1n) is 3.24. The van der Waals surface area contributed by atoms with E-state index in [1.54, 1.807) is 0 Å². The van der Waals surface area contributed by atoms with E-state index in [0.717, 1.165) is 6.20 Å². The fourth-order valence-corrected chi connectivity index (χ4v) is 1.21. The summed E-state index contributed by atoms with van der Waals surface area (Å²) >= 11 is 10.6. The van der Waals surface area contributed by atoms with Crippen LogP contribution in [0.3, 0.4) is 0 Å². The van der Waals surface area contributed by atoms with Crippen LogP contribution in [-0.4, -0.2) is 4.98 Å². The molecule has 0 aromatic carbocycles. The highest BCUT2D eigenvalue weighted by Gasteiger charge is 2.21.